The Morgan fingerprint density at radius 1 is 1.16 bits per heavy atom. The SMILES string of the molecule is CN(c1ccc(C(=O)CSc2nnc3ccccn23)cc1)S(C)(=O)=O. The third kappa shape index (κ3) is 3.83. The van der Waals surface area contributed by atoms with Crippen molar-refractivity contribution in [1.29, 1.82) is 0 Å². The highest BCUT2D eigenvalue weighted by molar-refractivity contribution is 7.99. The van der Waals surface area contributed by atoms with Gasteiger partial charge in [-0.15, -0.1) is 10.2 Å². The minimum Gasteiger partial charge on any atom is -0.293 e. The molecule has 0 aliphatic rings. The molecule has 25 heavy (non-hydrogen) atoms. The summed E-state index contributed by atoms with van der Waals surface area (Å²) in [4.78, 5) is 12.3. The lowest BCUT2D eigenvalue weighted by atomic mass is 10.1. The molecule has 0 radical (unpaired) electrons. The average molecular weight is 376 g/mol. The molecule has 0 bridgehead atoms. The van der Waals surface area contributed by atoms with Gasteiger partial charge in [0.05, 0.1) is 17.7 Å². The van der Waals surface area contributed by atoms with E-state index >= 15 is 0 Å². The predicted octanol–water partition coefficient (Wildman–Crippen LogP) is 2.10. The normalized spacial score (nSPS) is 11.6. The van der Waals surface area contributed by atoms with Crippen molar-refractivity contribution < 1.29 is 13.2 Å². The Morgan fingerprint density at radius 2 is 1.88 bits per heavy atom. The first-order valence-corrected chi connectivity index (χ1v) is 10.2. The molecule has 0 saturated carbocycles. The van der Waals surface area contributed by atoms with Crippen molar-refractivity contribution in [3.8, 4) is 0 Å². The van der Waals surface area contributed by atoms with Gasteiger partial charge in [-0.3, -0.25) is 13.5 Å². The Kier molecular flexibility index (Phi) is 4.78. The van der Waals surface area contributed by atoms with Crippen LogP contribution in [0.3, 0.4) is 0 Å². The molecule has 0 saturated heterocycles. The van der Waals surface area contributed by atoms with Crippen molar-refractivity contribution in [3.05, 3.63) is 54.2 Å². The third-order valence-corrected chi connectivity index (χ3v) is 5.81. The number of anilines is 1. The van der Waals surface area contributed by atoms with Gasteiger partial charge in [-0.2, -0.15) is 0 Å². The van der Waals surface area contributed by atoms with Gasteiger partial charge in [-0.1, -0.05) is 17.8 Å². The first-order chi connectivity index (χ1) is 11.9. The molecule has 0 fully saturated rings. The fourth-order valence-corrected chi connectivity index (χ4v) is 3.50. The average Bonchev–Trinajstić information content (AvgIpc) is 3.01. The molecule has 3 rings (SSSR count). The number of Topliss-reactive ketones (excluding diaryl/α,β-unsaturated/α-hetero) is 1. The van der Waals surface area contributed by atoms with Crippen LogP contribution in [0.4, 0.5) is 5.69 Å². The number of nitrogens with zero attached hydrogens (tertiary/aromatic N) is 4. The number of pyridine rings is 1. The summed E-state index contributed by atoms with van der Waals surface area (Å²) in [6.45, 7) is 0. The maximum atomic E-state index is 12.3. The van der Waals surface area contributed by atoms with E-state index < -0.39 is 10.0 Å². The summed E-state index contributed by atoms with van der Waals surface area (Å²) in [6.07, 6.45) is 2.98. The number of benzene rings is 1. The van der Waals surface area contributed by atoms with Crippen molar-refractivity contribution >= 4 is 38.9 Å². The smallest absolute Gasteiger partial charge is 0.231 e. The summed E-state index contributed by atoms with van der Waals surface area (Å²) in [5, 5.41) is 8.77. The van der Waals surface area contributed by atoms with Crippen LogP contribution >= 0.6 is 11.8 Å². The largest absolute Gasteiger partial charge is 0.293 e. The summed E-state index contributed by atoms with van der Waals surface area (Å²) in [5.74, 6) is 0.156. The standard InChI is InChI=1S/C16H16N4O3S2/c1-19(25(2,22)23)13-8-6-12(7-9-13)14(21)11-24-16-18-17-15-5-3-4-10-20(15)16/h3-10H,11H2,1-2H3. The van der Waals surface area contributed by atoms with Crippen LogP contribution in [-0.2, 0) is 10.0 Å². The van der Waals surface area contributed by atoms with Crippen molar-refractivity contribution in [2.75, 3.05) is 23.4 Å². The van der Waals surface area contributed by atoms with Gasteiger partial charge in [0, 0.05) is 18.8 Å². The molecular weight excluding hydrogens is 360 g/mol. The van der Waals surface area contributed by atoms with Gasteiger partial charge >= 0.3 is 0 Å². The monoisotopic (exact) mass is 376 g/mol. The molecule has 2 heterocycles. The van der Waals surface area contributed by atoms with E-state index in [4.69, 9.17) is 0 Å². The number of carbonyl (C=O) groups is 1. The van der Waals surface area contributed by atoms with Crippen LogP contribution in [0.25, 0.3) is 5.65 Å². The number of rotatable bonds is 6. The van der Waals surface area contributed by atoms with E-state index in [1.54, 1.807) is 24.3 Å². The first-order valence-electron chi connectivity index (χ1n) is 7.36. The summed E-state index contributed by atoms with van der Waals surface area (Å²) >= 11 is 1.31. The highest BCUT2D eigenvalue weighted by atomic mass is 32.2. The van der Waals surface area contributed by atoms with Gasteiger partial charge < -0.3 is 0 Å². The van der Waals surface area contributed by atoms with E-state index in [-0.39, 0.29) is 11.5 Å². The van der Waals surface area contributed by atoms with Gasteiger partial charge in [0.15, 0.2) is 16.6 Å². The second-order valence-electron chi connectivity index (χ2n) is 5.40. The van der Waals surface area contributed by atoms with E-state index in [1.807, 2.05) is 28.8 Å². The molecule has 0 amide bonds. The Balaban J connectivity index is 1.69. The fraction of sp³-hybridized carbons (Fsp3) is 0.188. The number of sulfonamides is 1. The molecule has 0 aliphatic carbocycles. The quantitative estimate of drug-likeness (QED) is 0.484. The van der Waals surface area contributed by atoms with Crippen LogP contribution in [0, 0.1) is 0 Å². The zero-order valence-corrected chi connectivity index (χ0v) is 15.3. The van der Waals surface area contributed by atoms with Crippen molar-refractivity contribution in [3.63, 3.8) is 0 Å². The van der Waals surface area contributed by atoms with Crippen molar-refractivity contribution in [1.82, 2.24) is 14.6 Å². The van der Waals surface area contributed by atoms with E-state index in [9.17, 15) is 13.2 Å². The van der Waals surface area contributed by atoms with Gasteiger partial charge in [-0.25, -0.2) is 8.42 Å². The lowest BCUT2D eigenvalue weighted by Gasteiger charge is -2.16. The molecular formula is C16H16N4O3S2. The Labute approximate surface area is 149 Å². The lowest BCUT2D eigenvalue weighted by molar-refractivity contribution is 0.102. The molecule has 0 N–H and O–H groups in total. The number of thioether (sulfide) groups is 1. The van der Waals surface area contributed by atoms with Gasteiger partial charge in [0.2, 0.25) is 10.0 Å². The molecule has 0 unspecified atom stereocenters. The zero-order valence-electron chi connectivity index (χ0n) is 13.7. The topological polar surface area (TPSA) is 84.6 Å². The Bertz CT molecular complexity index is 1010. The van der Waals surface area contributed by atoms with Gasteiger partial charge in [-0.05, 0) is 36.4 Å². The summed E-state index contributed by atoms with van der Waals surface area (Å²) < 4.78 is 26.1. The van der Waals surface area contributed by atoms with E-state index in [0.717, 1.165) is 11.9 Å². The van der Waals surface area contributed by atoms with Crippen LogP contribution in [0.15, 0.2) is 53.8 Å². The molecule has 3 aromatic rings. The predicted molar refractivity (Wildman–Crippen MR) is 97.7 cm³/mol. The second kappa shape index (κ2) is 6.85. The Morgan fingerprint density at radius 3 is 2.56 bits per heavy atom. The van der Waals surface area contributed by atoms with Crippen LogP contribution in [-0.4, -0.2) is 47.9 Å². The van der Waals surface area contributed by atoms with E-state index in [0.29, 0.717) is 16.4 Å². The van der Waals surface area contributed by atoms with Gasteiger partial charge in [0.1, 0.15) is 0 Å². The second-order valence-corrected chi connectivity index (χ2v) is 8.36. The number of aromatic nitrogens is 3. The lowest BCUT2D eigenvalue weighted by Crippen LogP contribution is -2.24. The molecule has 130 valence electrons. The molecule has 1 aromatic carbocycles. The molecule has 7 nitrogen and oxygen atoms in total. The number of fused-ring (bicyclic) bond motifs is 1. The number of hydrogen-bond donors (Lipinski definition) is 0. The number of carbonyl (C=O) groups excluding carboxylic acids is 1. The summed E-state index contributed by atoms with van der Waals surface area (Å²) in [7, 11) is -1.85. The van der Waals surface area contributed by atoms with E-state index in [1.165, 1.54) is 23.1 Å². The molecule has 0 atom stereocenters. The number of ketones is 1. The van der Waals surface area contributed by atoms with Gasteiger partial charge in [0.25, 0.3) is 0 Å². The van der Waals surface area contributed by atoms with Crippen LogP contribution in [0.5, 0.6) is 0 Å². The highest BCUT2D eigenvalue weighted by Gasteiger charge is 2.14. The van der Waals surface area contributed by atoms with Crippen molar-refractivity contribution in [2.24, 2.45) is 0 Å². The molecule has 0 aliphatic heterocycles. The summed E-state index contributed by atoms with van der Waals surface area (Å²) in [6, 6.07) is 12.1. The minimum absolute atomic E-state index is 0.0637. The fourth-order valence-electron chi connectivity index (χ4n) is 2.18. The Hall–Kier alpha value is -2.39. The summed E-state index contributed by atoms with van der Waals surface area (Å²) in [5.41, 5.74) is 1.76. The number of hydrogen-bond acceptors (Lipinski definition) is 6. The minimum atomic E-state index is -3.32. The van der Waals surface area contributed by atoms with Crippen LogP contribution < -0.4 is 4.31 Å². The van der Waals surface area contributed by atoms with Crippen LogP contribution in [0.1, 0.15) is 10.4 Å². The van der Waals surface area contributed by atoms with Crippen LogP contribution in [0.2, 0.25) is 0 Å². The van der Waals surface area contributed by atoms with E-state index in [2.05, 4.69) is 10.2 Å². The first kappa shape index (κ1) is 17.4. The van der Waals surface area contributed by atoms with Crippen molar-refractivity contribution in [2.45, 2.75) is 5.16 Å². The maximum absolute atomic E-state index is 12.3. The highest BCUT2D eigenvalue weighted by Crippen LogP contribution is 2.20. The zero-order chi connectivity index (χ0) is 18.0. The maximum Gasteiger partial charge on any atom is 0.231 e. The molecule has 0 spiro atoms. The third-order valence-electron chi connectivity index (χ3n) is 3.67. The molecule has 2 aromatic heterocycles. The molecule has 9 heteroatoms.